The maximum Gasteiger partial charge on any atom is 0.263 e. The Morgan fingerprint density at radius 3 is 2.68 bits per heavy atom. The molecule has 0 radical (unpaired) electrons. The zero-order valence-corrected chi connectivity index (χ0v) is 22.5. The molecule has 0 aliphatic carbocycles. The van der Waals surface area contributed by atoms with Crippen molar-refractivity contribution in [2.24, 2.45) is 12.0 Å². The van der Waals surface area contributed by atoms with Gasteiger partial charge in [-0.2, -0.15) is 10.2 Å². The van der Waals surface area contributed by atoms with E-state index in [1.54, 1.807) is 30.7 Å². The Balaban J connectivity index is 1.61. The summed E-state index contributed by atoms with van der Waals surface area (Å²) in [5.41, 5.74) is 8.06. The molecule has 0 saturated carbocycles. The van der Waals surface area contributed by atoms with Crippen LogP contribution < -0.4 is 16.6 Å². The molecular formula is C30H28N8O3. The number of aromatic nitrogens is 5. The number of carbonyl (C=O) groups excluding carboxylic acids is 2. The Hall–Kier alpha value is -5.58. The minimum absolute atomic E-state index is 0.0271. The molecule has 0 spiro atoms. The number of Topliss-reactive ketones (excluding diaryl/α,β-unsaturated/α-hetero) is 1. The van der Waals surface area contributed by atoms with Gasteiger partial charge >= 0.3 is 0 Å². The van der Waals surface area contributed by atoms with Gasteiger partial charge in [0.25, 0.3) is 11.5 Å². The number of H-pyrrole nitrogens is 1. The van der Waals surface area contributed by atoms with E-state index in [9.17, 15) is 14.4 Å². The van der Waals surface area contributed by atoms with E-state index in [2.05, 4.69) is 32.2 Å². The zero-order chi connectivity index (χ0) is 29.1. The van der Waals surface area contributed by atoms with Crippen LogP contribution in [-0.2, 0) is 13.5 Å². The first-order valence-corrected chi connectivity index (χ1v) is 12.8. The first-order valence-electron chi connectivity index (χ1n) is 12.8. The molecular weight excluding hydrogens is 520 g/mol. The molecule has 0 bridgehead atoms. The van der Waals surface area contributed by atoms with Crippen LogP contribution in [0.4, 0.5) is 11.6 Å². The molecule has 41 heavy (non-hydrogen) atoms. The maximum atomic E-state index is 14.2. The number of nitrogens with one attached hydrogen (secondary N) is 2. The second kappa shape index (κ2) is 11.3. The molecule has 2 aromatic carbocycles. The predicted molar refractivity (Wildman–Crippen MR) is 158 cm³/mol. The Labute approximate surface area is 235 Å². The molecule has 206 valence electrons. The van der Waals surface area contributed by atoms with Crippen molar-refractivity contribution in [3.05, 3.63) is 112 Å². The molecule has 3 aromatic heterocycles. The van der Waals surface area contributed by atoms with Gasteiger partial charge in [-0.3, -0.25) is 24.0 Å². The number of nitrogens with zero attached hydrogens (tertiary/aromatic N) is 5. The predicted octanol–water partition coefficient (Wildman–Crippen LogP) is 3.83. The van der Waals surface area contributed by atoms with E-state index in [0.29, 0.717) is 33.3 Å². The molecule has 5 rings (SSSR count). The fourth-order valence-electron chi connectivity index (χ4n) is 4.81. The lowest BCUT2D eigenvalue weighted by Gasteiger charge is -2.21. The zero-order valence-electron chi connectivity index (χ0n) is 22.5. The highest BCUT2D eigenvalue weighted by molar-refractivity contribution is 6.03. The Morgan fingerprint density at radius 1 is 1.20 bits per heavy atom. The highest BCUT2D eigenvalue weighted by Crippen LogP contribution is 2.27. The van der Waals surface area contributed by atoms with E-state index in [1.165, 1.54) is 29.4 Å². The van der Waals surface area contributed by atoms with Crippen LogP contribution in [0.1, 0.15) is 44.9 Å². The number of aryl methyl sites for hydroxylation is 1. The SMILES string of the molecule is C=C/C=N\c1c(C(=O)NC(C)c2cc3cccc(CC(=O)c4cn[nH]c4)c3c(=O)n2-c2ccccc2)c(N)nn1C. The number of ketones is 1. The Bertz CT molecular complexity index is 1850. The summed E-state index contributed by atoms with van der Waals surface area (Å²) < 4.78 is 2.97. The highest BCUT2D eigenvalue weighted by atomic mass is 16.2. The number of hydrogen-bond acceptors (Lipinski definition) is 7. The molecule has 1 amide bonds. The molecule has 0 aliphatic heterocycles. The molecule has 11 heteroatoms. The van der Waals surface area contributed by atoms with Crippen molar-refractivity contribution >= 4 is 40.3 Å². The summed E-state index contributed by atoms with van der Waals surface area (Å²) in [7, 11) is 1.64. The number of amides is 1. The van der Waals surface area contributed by atoms with E-state index < -0.39 is 11.9 Å². The van der Waals surface area contributed by atoms with E-state index in [0.717, 1.165) is 0 Å². The van der Waals surface area contributed by atoms with Crippen molar-refractivity contribution in [1.29, 1.82) is 0 Å². The first kappa shape index (κ1) is 27.0. The Morgan fingerprint density at radius 2 is 1.98 bits per heavy atom. The highest BCUT2D eigenvalue weighted by Gasteiger charge is 2.25. The fraction of sp³-hybridized carbons (Fsp3) is 0.133. The second-order valence-corrected chi connectivity index (χ2v) is 9.43. The minimum Gasteiger partial charge on any atom is -0.381 e. The van der Waals surface area contributed by atoms with Crippen molar-refractivity contribution in [2.45, 2.75) is 19.4 Å². The summed E-state index contributed by atoms with van der Waals surface area (Å²) in [6.45, 7) is 5.40. The third kappa shape index (κ3) is 5.20. The molecule has 1 unspecified atom stereocenters. The van der Waals surface area contributed by atoms with Crippen LogP contribution in [-0.4, -0.2) is 42.4 Å². The van der Waals surface area contributed by atoms with Gasteiger partial charge in [0.1, 0.15) is 5.56 Å². The summed E-state index contributed by atoms with van der Waals surface area (Å²) >= 11 is 0. The third-order valence-electron chi connectivity index (χ3n) is 6.71. The number of rotatable bonds is 9. The smallest absolute Gasteiger partial charge is 0.263 e. The van der Waals surface area contributed by atoms with Crippen LogP contribution in [0.2, 0.25) is 0 Å². The molecule has 5 aromatic rings. The number of nitrogen functional groups attached to an aromatic ring is 1. The maximum absolute atomic E-state index is 14.2. The lowest BCUT2D eigenvalue weighted by atomic mass is 9.98. The summed E-state index contributed by atoms with van der Waals surface area (Å²) in [6, 6.07) is 15.7. The van der Waals surface area contributed by atoms with Crippen molar-refractivity contribution in [3.63, 3.8) is 0 Å². The molecule has 0 saturated heterocycles. The number of aromatic amines is 1. The summed E-state index contributed by atoms with van der Waals surface area (Å²) in [6.07, 6.45) is 5.95. The molecule has 0 aliphatic rings. The van der Waals surface area contributed by atoms with Gasteiger partial charge in [0.15, 0.2) is 17.4 Å². The number of anilines is 1. The fourth-order valence-corrected chi connectivity index (χ4v) is 4.81. The number of benzene rings is 2. The number of para-hydroxylation sites is 1. The number of pyridine rings is 1. The number of aliphatic imine (C=N–C) groups is 1. The molecule has 4 N–H and O–H groups in total. The van der Waals surface area contributed by atoms with Crippen molar-refractivity contribution < 1.29 is 9.59 Å². The van der Waals surface area contributed by atoms with Gasteiger partial charge in [-0.05, 0) is 36.1 Å². The van der Waals surface area contributed by atoms with E-state index >= 15 is 0 Å². The van der Waals surface area contributed by atoms with Crippen LogP contribution in [0, 0.1) is 0 Å². The third-order valence-corrected chi connectivity index (χ3v) is 6.71. The Kier molecular flexibility index (Phi) is 7.42. The topological polar surface area (TPSA) is 153 Å². The largest absolute Gasteiger partial charge is 0.381 e. The number of fused-ring (bicyclic) bond motifs is 1. The lowest BCUT2D eigenvalue weighted by molar-refractivity contribution is 0.0939. The van der Waals surface area contributed by atoms with Crippen LogP contribution in [0.5, 0.6) is 0 Å². The van der Waals surface area contributed by atoms with Gasteiger partial charge in [-0.15, -0.1) is 0 Å². The quantitative estimate of drug-likeness (QED) is 0.188. The van der Waals surface area contributed by atoms with Gasteiger partial charge in [0.2, 0.25) is 0 Å². The average Bonchev–Trinajstić information content (AvgIpc) is 3.60. The van der Waals surface area contributed by atoms with Gasteiger partial charge < -0.3 is 11.1 Å². The number of allylic oxidation sites excluding steroid dienone is 1. The minimum atomic E-state index is -0.633. The average molecular weight is 549 g/mol. The first-order chi connectivity index (χ1) is 19.8. The van der Waals surface area contributed by atoms with Crippen molar-refractivity contribution in [2.75, 3.05) is 5.73 Å². The van der Waals surface area contributed by atoms with Crippen LogP contribution in [0.3, 0.4) is 0 Å². The van der Waals surface area contributed by atoms with Crippen LogP contribution in [0.25, 0.3) is 16.5 Å². The lowest BCUT2D eigenvalue weighted by Crippen LogP contribution is -2.32. The van der Waals surface area contributed by atoms with E-state index in [4.69, 9.17) is 5.73 Å². The van der Waals surface area contributed by atoms with E-state index in [1.807, 2.05) is 42.5 Å². The molecule has 11 nitrogen and oxygen atoms in total. The van der Waals surface area contributed by atoms with Gasteiger partial charge in [0, 0.05) is 37.3 Å². The van der Waals surface area contributed by atoms with Gasteiger partial charge in [-0.25, -0.2) is 9.67 Å². The number of hydrogen-bond donors (Lipinski definition) is 3. The van der Waals surface area contributed by atoms with Gasteiger partial charge in [-0.1, -0.05) is 49.1 Å². The molecule has 1 atom stereocenters. The molecule has 3 heterocycles. The van der Waals surface area contributed by atoms with Gasteiger partial charge in [0.05, 0.1) is 23.2 Å². The number of carbonyl (C=O) groups is 2. The molecule has 0 fully saturated rings. The van der Waals surface area contributed by atoms with Crippen molar-refractivity contribution in [1.82, 2.24) is 29.9 Å². The second-order valence-electron chi connectivity index (χ2n) is 9.43. The van der Waals surface area contributed by atoms with Crippen LogP contribution in [0.15, 0.2) is 89.4 Å². The standard InChI is InChI=1S/C30H28N8O3/c1-4-13-32-28-26(27(31)36-37(28)3)29(40)35-18(2)23-14-19-9-8-10-20(15-24(39)21-16-33-34-17-21)25(19)30(41)38(23)22-11-6-5-7-12-22/h4-14,16-18H,1,15H2,2-3H3,(H2,31,36)(H,33,34)(H,35,40)/b32-13-. The number of nitrogens with two attached hydrogens (primary N) is 1. The van der Waals surface area contributed by atoms with Crippen molar-refractivity contribution in [3.8, 4) is 5.69 Å². The normalized spacial score (nSPS) is 12.0. The van der Waals surface area contributed by atoms with E-state index in [-0.39, 0.29) is 35.0 Å². The summed E-state index contributed by atoms with van der Waals surface area (Å²) in [4.78, 5) is 44.8. The van der Waals surface area contributed by atoms with Crippen LogP contribution >= 0.6 is 0 Å². The summed E-state index contributed by atoms with van der Waals surface area (Å²) in [5.74, 6) is -0.353. The monoisotopic (exact) mass is 548 g/mol. The summed E-state index contributed by atoms with van der Waals surface area (Å²) in [5, 5.41) is 14.7.